The Morgan fingerprint density at radius 3 is 2.81 bits per heavy atom. The van der Waals surface area contributed by atoms with E-state index in [1.54, 1.807) is 0 Å². The Bertz CT molecular complexity index is 485. The van der Waals surface area contributed by atoms with Gasteiger partial charge in [0.2, 0.25) is 0 Å². The molecule has 1 aliphatic heterocycles. The molecule has 1 fully saturated rings. The number of ether oxygens (including phenoxy) is 1. The highest BCUT2D eigenvalue weighted by molar-refractivity contribution is 5.99. The molecule has 1 aromatic carbocycles. The molecule has 6 nitrogen and oxygen atoms in total. The molecule has 4 N–H and O–H groups in total. The summed E-state index contributed by atoms with van der Waals surface area (Å²) in [5.74, 6) is 5.47. The van der Waals surface area contributed by atoms with E-state index in [9.17, 15) is 4.79 Å². The van der Waals surface area contributed by atoms with E-state index in [1.165, 1.54) is 0 Å². The van der Waals surface area contributed by atoms with Gasteiger partial charge in [-0.15, -0.1) is 0 Å². The zero-order valence-corrected chi connectivity index (χ0v) is 12.3. The molecular formula is C15H23N3O3. The van der Waals surface area contributed by atoms with E-state index < -0.39 is 0 Å². The highest BCUT2D eigenvalue weighted by atomic mass is 16.5. The lowest BCUT2D eigenvalue weighted by Gasteiger charge is -2.32. The number of anilines is 1. The fourth-order valence-corrected chi connectivity index (χ4v) is 2.58. The molecule has 1 aromatic rings. The number of hydrogen-bond acceptors (Lipinski definition) is 5. The highest BCUT2D eigenvalue weighted by Gasteiger charge is 2.25. The van der Waals surface area contributed by atoms with Crippen molar-refractivity contribution < 1.29 is 14.6 Å². The Balaban J connectivity index is 2.00. The smallest absolute Gasteiger partial charge is 0.256 e. The summed E-state index contributed by atoms with van der Waals surface area (Å²) in [7, 11) is 0. The first-order valence-corrected chi connectivity index (χ1v) is 7.24. The normalized spacial score (nSPS) is 16.0. The SMILES string of the molecule is Cc1ccc(NN)c(C(=O)N2CCC(OCCO)CC2)c1. The van der Waals surface area contributed by atoms with Crippen molar-refractivity contribution in [3.05, 3.63) is 29.3 Å². The molecule has 0 atom stereocenters. The Morgan fingerprint density at radius 1 is 1.48 bits per heavy atom. The van der Waals surface area contributed by atoms with Gasteiger partial charge in [0.1, 0.15) is 0 Å². The Hall–Kier alpha value is -1.63. The summed E-state index contributed by atoms with van der Waals surface area (Å²) in [6.07, 6.45) is 1.72. The lowest BCUT2D eigenvalue weighted by Crippen LogP contribution is -2.41. The van der Waals surface area contributed by atoms with Crippen LogP contribution >= 0.6 is 0 Å². The number of aliphatic hydroxyl groups is 1. The van der Waals surface area contributed by atoms with E-state index in [0.717, 1.165) is 18.4 Å². The Morgan fingerprint density at radius 2 is 2.19 bits per heavy atom. The van der Waals surface area contributed by atoms with Gasteiger partial charge >= 0.3 is 0 Å². The van der Waals surface area contributed by atoms with Crippen LogP contribution in [0.3, 0.4) is 0 Å². The number of hydrazine groups is 1. The molecule has 1 amide bonds. The summed E-state index contributed by atoms with van der Waals surface area (Å²) in [4.78, 5) is 14.4. The molecule has 1 aliphatic rings. The first-order valence-electron chi connectivity index (χ1n) is 7.24. The number of carbonyl (C=O) groups is 1. The van der Waals surface area contributed by atoms with E-state index in [1.807, 2.05) is 30.0 Å². The van der Waals surface area contributed by atoms with E-state index in [-0.39, 0.29) is 18.6 Å². The molecular weight excluding hydrogens is 270 g/mol. The number of likely N-dealkylation sites (tertiary alicyclic amines) is 1. The quantitative estimate of drug-likeness (QED) is 0.554. The third-order valence-corrected chi connectivity index (χ3v) is 3.74. The van der Waals surface area contributed by atoms with Crippen molar-refractivity contribution in [1.82, 2.24) is 4.90 Å². The van der Waals surface area contributed by atoms with Crippen molar-refractivity contribution in [2.45, 2.75) is 25.9 Å². The zero-order valence-electron chi connectivity index (χ0n) is 12.3. The number of amides is 1. The lowest BCUT2D eigenvalue weighted by molar-refractivity contribution is -0.00552. The molecule has 0 aliphatic carbocycles. The number of aliphatic hydroxyl groups excluding tert-OH is 1. The van der Waals surface area contributed by atoms with Crippen LogP contribution in [0.15, 0.2) is 18.2 Å². The van der Waals surface area contributed by atoms with Crippen LogP contribution < -0.4 is 11.3 Å². The minimum absolute atomic E-state index is 0.00717. The van der Waals surface area contributed by atoms with Crippen LogP contribution in [0.4, 0.5) is 5.69 Å². The molecule has 1 saturated heterocycles. The van der Waals surface area contributed by atoms with Gasteiger partial charge in [-0.2, -0.15) is 0 Å². The van der Waals surface area contributed by atoms with Gasteiger partial charge in [0, 0.05) is 13.1 Å². The first-order chi connectivity index (χ1) is 10.2. The van der Waals surface area contributed by atoms with E-state index in [4.69, 9.17) is 15.7 Å². The van der Waals surface area contributed by atoms with Crippen LogP contribution in [0.2, 0.25) is 0 Å². The zero-order chi connectivity index (χ0) is 15.2. The van der Waals surface area contributed by atoms with Crippen molar-refractivity contribution in [3.63, 3.8) is 0 Å². The molecule has 0 aromatic heterocycles. The monoisotopic (exact) mass is 293 g/mol. The fraction of sp³-hybridized carbons (Fsp3) is 0.533. The number of carbonyl (C=O) groups excluding carboxylic acids is 1. The second-order valence-electron chi connectivity index (χ2n) is 5.28. The van der Waals surface area contributed by atoms with Crippen molar-refractivity contribution in [2.75, 3.05) is 31.7 Å². The maximum atomic E-state index is 12.6. The molecule has 0 unspecified atom stereocenters. The second-order valence-corrected chi connectivity index (χ2v) is 5.28. The standard InChI is InChI=1S/C15H23N3O3/c1-11-2-3-14(17-16)13(10-11)15(20)18-6-4-12(5-7-18)21-9-8-19/h2-3,10,12,17,19H,4-9,16H2,1H3. The van der Waals surface area contributed by atoms with Gasteiger partial charge in [-0.1, -0.05) is 11.6 Å². The number of nitrogens with zero attached hydrogens (tertiary/aromatic N) is 1. The van der Waals surface area contributed by atoms with Gasteiger partial charge in [-0.05, 0) is 31.9 Å². The third kappa shape index (κ3) is 3.93. The van der Waals surface area contributed by atoms with Crippen LogP contribution in [0.1, 0.15) is 28.8 Å². The number of rotatable bonds is 5. The number of aryl methyl sites for hydroxylation is 1. The molecule has 21 heavy (non-hydrogen) atoms. The van der Waals surface area contributed by atoms with Gasteiger partial charge in [0.05, 0.1) is 30.6 Å². The van der Waals surface area contributed by atoms with Gasteiger partial charge in [-0.25, -0.2) is 0 Å². The summed E-state index contributed by atoms with van der Waals surface area (Å²) in [6.45, 7) is 3.66. The maximum Gasteiger partial charge on any atom is 0.256 e. The fourth-order valence-electron chi connectivity index (χ4n) is 2.58. The molecule has 1 heterocycles. The van der Waals surface area contributed by atoms with Crippen molar-refractivity contribution in [1.29, 1.82) is 0 Å². The van der Waals surface area contributed by atoms with Gasteiger partial charge < -0.3 is 20.2 Å². The van der Waals surface area contributed by atoms with Crippen LogP contribution in [0.5, 0.6) is 0 Å². The van der Waals surface area contributed by atoms with Crippen LogP contribution in [-0.4, -0.2) is 48.3 Å². The number of nitrogens with one attached hydrogen (secondary N) is 1. The molecule has 0 radical (unpaired) electrons. The summed E-state index contributed by atoms with van der Waals surface area (Å²) in [5.41, 5.74) is 4.85. The Kier molecular flexibility index (Phi) is 5.55. The van der Waals surface area contributed by atoms with Crippen molar-refractivity contribution in [2.24, 2.45) is 5.84 Å². The van der Waals surface area contributed by atoms with Gasteiger partial charge in [-0.3, -0.25) is 10.6 Å². The molecule has 0 saturated carbocycles. The van der Waals surface area contributed by atoms with Crippen LogP contribution in [-0.2, 0) is 4.74 Å². The van der Waals surface area contributed by atoms with Gasteiger partial charge in [0.25, 0.3) is 5.91 Å². The van der Waals surface area contributed by atoms with Crippen LogP contribution in [0.25, 0.3) is 0 Å². The maximum absolute atomic E-state index is 12.6. The topological polar surface area (TPSA) is 87.8 Å². The largest absolute Gasteiger partial charge is 0.394 e. The second kappa shape index (κ2) is 7.40. The number of piperidine rings is 1. The molecule has 0 bridgehead atoms. The summed E-state index contributed by atoms with van der Waals surface area (Å²) in [6, 6.07) is 5.59. The lowest BCUT2D eigenvalue weighted by atomic mass is 10.0. The average Bonchev–Trinajstić information content (AvgIpc) is 2.52. The van der Waals surface area contributed by atoms with E-state index >= 15 is 0 Å². The number of hydrogen-bond donors (Lipinski definition) is 3. The third-order valence-electron chi connectivity index (χ3n) is 3.74. The predicted octanol–water partition coefficient (Wildman–Crippen LogP) is 0.894. The summed E-state index contributed by atoms with van der Waals surface area (Å²) < 4.78 is 5.51. The number of nitrogen functional groups attached to an aromatic ring is 1. The first kappa shape index (κ1) is 15.8. The summed E-state index contributed by atoms with van der Waals surface area (Å²) in [5, 5.41) is 8.76. The van der Waals surface area contributed by atoms with E-state index in [0.29, 0.717) is 30.9 Å². The summed E-state index contributed by atoms with van der Waals surface area (Å²) >= 11 is 0. The average molecular weight is 293 g/mol. The molecule has 6 heteroatoms. The minimum Gasteiger partial charge on any atom is -0.394 e. The number of nitrogens with two attached hydrogens (primary N) is 1. The Labute approximate surface area is 124 Å². The molecule has 116 valence electrons. The molecule has 0 spiro atoms. The van der Waals surface area contributed by atoms with Crippen molar-refractivity contribution >= 4 is 11.6 Å². The van der Waals surface area contributed by atoms with Crippen molar-refractivity contribution in [3.8, 4) is 0 Å². The predicted molar refractivity (Wildman–Crippen MR) is 81.0 cm³/mol. The van der Waals surface area contributed by atoms with Crippen LogP contribution in [0, 0.1) is 6.92 Å². The number of benzene rings is 1. The van der Waals surface area contributed by atoms with Gasteiger partial charge in [0.15, 0.2) is 0 Å². The highest BCUT2D eigenvalue weighted by Crippen LogP contribution is 2.21. The minimum atomic E-state index is -0.00717. The molecule has 2 rings (SSSR count). The van der Waals surface area contributed by atoms with E-state index in [2.05, 4.69) is 5.43 Å².